The first-order chi connectivity index (χ1) is 6.77. The van der Waals surface area contributed by atoms with E-state index in [0.29, 0.717) is 5.92 Å². The Labute approximate surface area is 84.3 Å². The Hall–Kier alpha value is -1.15. The number of aromatic nitrogens is 1. The predicted molar refractivity (Wildman–Crippen MR) is 55.6 cm³/mol. The van der Waals surface area contributed by atoms with Gasteiger partial charge in [0.05, 0.1) is 6.10 Å². The molecule has 2 rings (SSSR count). The van der Waals surface area contributed by atoms with Crippen molar-refractivity contribution in [3.05, 3.63) is 42.2 Å². The van der Waals surface area contributed by atoms with E-state index in [-0.39, 0.29) is 0 Å². The second-order valence-electron chi connectivity index (χ2n) is 3.99. The molecule has 74 valence electrons. The molecule has 1 aliphatic rings. The van der Waals surface area contributed by atoms with Gasteiger partial charge in [0.2, 0.25) is 0 Å². The van der Waals surface area contributed by atoms with Gasteiger partial charge in [0.15, 0.2) is 0 Å². The van der Waals surface area contributed by atoms with E-state index in [2.05, 4.69) is 18.0 Å². The van der Waals surface area contributed by atoms with Crippen molar-refractivity contribution in [1.29, 1.82) is 0 Å². The first-order valence-corrected chi connectivity index (χ1v) is 5.03. The molecule has 0 amide bonds. The first-order valence-electron chi connectivity index (χ1n) is 5.03. The van der Waals surface area contributed by atoms with Gasteiger partial charge in [-0.05, 0) is 36.0 Å². The molecule has 1 aromatic heterocycles. The van der Waals surface area contributed by atoms with Crippen LogP contribution in [0.2, 0.25) is 0 Å². The summed E-state index contributed by atoms with van der Waals surface area (Å²) in [5.41, 5.74) is 0.907. The lowest BCUT2D eigenvalue weighted by molar-refractivity contribution is 0.228. The Morgan fingerprint density at radius 1 is 1.50 bits per heavy atom. The van der Waals surface area contributed by atoms with Gasteiger partial charge in [-0.25, -0.2) is 0 Å². The van der Waals surface area contributed by atoms with Crippen molar-refractivity contribution in [3.63, 3.8) is 0 Å². The van der Waals surface area contributed by atoms with Gasteiger partial charge in [0.25, 0.3) is 0 Å². The molecule has 0 radical (unpaired) electrons. The quantitative estimate of drug-likeness (QED) is 0.740. The summed E-state index contributed by atoms with van der Waals surface area (Å²) in [6.07, 6.45) is 8.18. The second-order valence-corrected chi connectivity index (χ2v) is 3.99. The van der Waals surface area contributed by atoms with Crippen molar-refractivity contribution < 1.29 is 5.11 Å². The van der Waals surface area contributed by atoms with Crippen molar-refractivity contribution in [1.82, 2.24) is 4.98 Å². The van der Waals surface area contributed by atoms with Crippen LogP contribution in [0.3, 0.4) is 0 Å². The summed E-state index contributed by atoms with van der Waals surface area (Å²) in [4.78, 5) is 3.91. The molecular formula is C12H15NO. The molecule has 1 heterocycles. The molecule has 0 spiro atoms. The van der Waals surface area contributed by atoms with Crippen LogP contribution in [-0.4, -0.2) is 10.1 Å². The zero-order chi connectivity index (χ0) is 9.97. The third-order valence-corrected chi connectivity index (χ3v) is 2.76. The van der Waals surface area contributed by atoms with Gasteiger partial charge in [0, 0.05) is 12.4 Å². The Balaban J connectivity index is 1.95. The zero-order valence-corrected chi connectivity index (χ0v) is 8.30. The van der Waals surface area contributed by atoms with Crippen LogP contribution in [0, 0.1) is 11.8 Å². The van der Waals surface area contributed by atoms with E-state index in [9.17, 15) is 5.11 Å². The smallest absolute Gasteiger partial charge is 0.0972 e. The predicted octanol–water partition coefficient (Wildman–Crippen LogP) is 2.33. The van der Waals surface area contributed by atoms with Crippen molar-refractivity contribution >= 4 is 0 Å². The molecule has 2 heteroatoms. The van der Waals surface area contributed by atoms with Gasteiger partial charge in [-0.2, -0.15) is 0 Å². The minimum atomic E-state index is -0.481. The van der Waals surface area contributed by atoms with Gasteiger partial charge in [-0.3, -0.25) is 4.98 Å². The average molecular weight is 189 g/mol. The standard InChI is InChI=1S/C12H15NO/c1-9-8-11(9)2-3-12(14)10-4-6-13-7-5-10/h2-7,9,11-12,14H,8H2,1H3/b3-2+. The number of allylic oxidation sites excluding steroid dienone is 1. The van der Waals surface area contributed by atoms with E-state index in [1.165, 1.54) is 6.42 Å². The van der Waals surface area contributed by atoms with Crippen LogP contribution in [0.15, 0.2) is 36.7 Å². The lowest BCUT2D eigenvalue weighted by Gasteiger charge is -2.04. The van der Waals surface area contributed by atoms with Crippen LogP contribution >= 0.6 is 0 Å². The maximum Gasteiger partial charge on any atom is 0.0972 e. The van der Waals surface area contributed by atoms with Gasteiger partial charge >= 0.3 is 0 Å². The fraction of sp³-hybridized carbons (Fsp3) is 0.417. The van der Waals surface area contributed by atoms with Crippen molar-refractivity contribution in [2.75, 3.05) is 0 Å². The van der Waals surface area contributed by atoms with E-state index in [4.69, 9.17) is 0 Å². The monoisotopic (exact) mass is 189 g/mol. The van der Waals surface area contributed by atoms with E-state index >= 15 is 0 Å². The van der Waals surface area contributed by atoms with Crippen molar-refractivity contribution in [2.24, 2.45) is 11.8 Å². The normalized spacial score (nSPS) is 27.9. The molecule has 1 saturated carbocycles. The summed E-state index contributed by atoms with van der Waals surface area (Å²) in [5.74, 6) is 1.49. The Bertz CT molecular complexity index is 320. The molecule has 14 heavy (non-hydrogen) atoms. The van der Waals surface area contributed by atoms with Crippen LogP contribution in [0.4, 0.5) is 0 Å². The van der Waals surface area contributed by atoms with E-state index in [1.807, 2.05) is 18.2 Å². The molecule has 1 N–H and O–H groups in total. The number of hydrogen-bond acceptors (Lipinski definition) is 2. The van der Waals surface area contributed by atoms with E-state index in [0.717, 1.165) is 11.5 Å². The first kappa shape index (κ1) is 9.41. The Morgan fingerprint density at radius 2 is 2.14 bits per heavy atom. The molecule has 2 nitrogen and oxygen atoms in total. The summed E-state index contributed by atoms with van der Waals surface area (Å²) in [5, 5.41) is 9.77. The van der Waals surface area contributed by atoms with E-state index < -0.39 is 6.10 Å². The fourth-order valence-corrected chi connectivity index (χ4v) is 1.54. The third-order valence-electron chi connectivity index (χ3n) is 2.76. The molecule has 1 aromatic rings. The molecule has 0 aliphatic heterocycles. The topological polar surface area (TPSA) is 33.1 Å². The molecule has 0 saturated heterocycles. The average Bonchev–Trinajstić information content (AvgIpc) is 2.92. The number of aliphatic hydroxyl groups is 1. The fourth-order valence-electron chi connectivity index (χ4n) is 1.54. The molecule has 3 atom stereocenters. The largest absolute Gasteiger partial charge is 0.384 e. The highest BCUT2D eigenvalue weighted by Gasteiger charge is 2.29. The minimum absolute atomic E-state index is 0.481. The number of nitrogens with zero attached hydrogens (tertiary/aromatic N) is 1. The molecule has 3 unspecified atom stereocenters. The molecule has 0 bridgehead atoms. The summed E-state index contributed by atoms with van der Waals surface area (Å²) in [7, 11) is 0. The van der Waals surface area contributed by atoms with Crippen LogP contribution in [0.25, 0.3) is 0 Å². The Morgan fingerprint density at radius 3 is 2.71 bits per heavy atom. The molecule has 0 aromatic carbocycles. The summed E-state index contributed by atoms with van der Waals surface area (Å²) in [6.45, 7) is 2.23. The SMILES string of the molecule is CC1CC1/C=C/C(O)c1ccncc1. The summed E-state index contributed by atoms with van der Waals surface area (Å²) < 4.78 is 0. The van der Waals surface area contributed by atoms with Crippen molar-refractivity contribution in [3.8, 4) is 0 Å². The third kappa shape index (κ3) is 2.20. The number of hydrogen-bond donors (Lipinski definition) is 1. The van der Waals surface area contributed by atoms with Crippen LogP contribution in [-0.2, 0) is 0 Å². The number of rotatable bonds is 3. The zero-order valence-electron chi connectivity index (χ0n) is 8.30. The van der Waals surface area contributed by atoms with Gasteiger partial charge < -0.3 is 5.11 Å². The lowest BCUT2D eigenvalue weighted by atomic mass is 10.1. The molecular weight excluding hydrogens is 174 g/mol. The summed E-state index contributed by atoms with van der Waals surface area (Å²) in [6, 6.07) is 3.68. The maximum absolute atomic E-state index is 9.77. The highest BCUT2D eigenvalue weighted by Crippen LogP contribution is 2.39. The van der Waals surface area contributed by atoms with Crippen LogP contribution in [0.5, 0.6) is 0 Å². The van der Waals surface area contributed by atoms with Crippen LogP contribution in [0.1, 0.15) is 25.0 Å². The van der Waals surface area contributed by atoms with Crippen molar-refractivity contribution in [2.45, 2.75) is 19.4 Å². The highest BCUT2D eigenvalue weighted by atomic mass is 16.3. The summed E-state index contributed by atoms with van der Waals surface area (Å²) >= 11 is 0. The van der Waals surface area contributed by atoms with Gasteiger partial charge in [0.1, 0.15) is 0 Å². The van der Waals surface area contributed by atoms with Gasteiger partial charge in [-0.15, -0.1) is 0 Å². The highest BCUT2D eigenvalue weighted by molar-refractivity contribution is 5.18. The molecule has 1 aliphatic carbocycles. The second kappa shape index (κ2) is 3.93. The van der Waals surface area contributed by atoms with Gasteiger partial charge in [-0.1, -0.05) is 19.1 Å². The number of aliphatic hydroxyl groups excluding tert-OH is 1. The maximum atomic E-state index is 9.77. The number of pyridine rings is 1. The lowest BCUT2D eigenvalue weighted by Crippen LogP contribution is -1.92. The van der Waals surface area contributed by atoms with Crippen LogP contribution < -0.4 is 0 Å². The molecule has 1 fully saturated rings. The Kier molecular flexibility index (Phi) is 2.64. The minimum Gasteiger partial charge on any atom is -0.384 e. The van der Waals surface area contributed by atoms with E-state index in [1.54, 1.807) is 12.4 Å².